The van der Waals surface area contributed by atoms with Crippen LogP contribution in [0.15, 0.2) is 71.8 Å². The molecule has 0 radical (unpaired) electrons. The van der Waals surface area contributed by atoms with Crippen molar-refractivity contribution in [2.45, 2.75) is 6.61 Å². The molecule has 0 aromatic heterocycles. The first-order valence-electron chi connectivity index (χ1n) is 8.22. The van der Waals surface area contributed by atoms with E-state index in [4.69, 9.17) is 27.9 Å². The highest BCUT2D eigenvalue weighted by molar-refractivity contribution is 6.35. The molecule has 0 saturated carbocycles. The van der Waals surface area contributed by atoms with Crippen LogP contribution in [0.2, 0.25) is 10.0 Å². The Morgan fingerprint density at radius 3 is 2.54 bits per heavy atom. The lowest BCUT2D eigenvalue weighted by atomic mass is 10.2. The van der Waals surface area contributed by atoms with E-state index in [1.54, 1.807) is 30.5 Å². The molecule has 6 nitrogen and oxygen atoms in total. The summed E-state index contributed by atoms with van der Waals surface area (Å²) in [4.78, 5) is 10.2. The number of non-ortho nitro benzene ring substituents is 1. The molecule has 0 bridgehead atoms. The van der Waals surface area contributed by atoms with Gasteiger partial charge in [0.2, 0.25) is 0 Å². The molecular weight excluding hydrogens is 401 g/mol. The summed E-state index contributed by atoms with van der Waals surface area (Å²) in [5.74, 6) is 0.641. The molecule has 0 fully saturated rings. The second kappa shape index (κ2) is 9.21. The van der Waals surface area contributed by atoms with E-state index in [0.717, 1.165) is 11.1 Å². The molecule has 1 N–H and O–H groups in total. The van der Waals surface area contributed by atoms with Gasteiger partial charge in [-0.2, -0.15) is 5.10 Å². The molecule has 0 spiro atoms. The van der Waals surface area contributed by atoms with Gasteiger partial charge in [0, 0.05) is 33.3 Å². The van der Waals surface area contributed by atoms with Crippen LogP contribution in [-0.4, -0.2) is 11.1 Å². The molecule has 0 heterocycles. The lowest BCUT2D eigenvalue weighted by Crippen LogP contribution is -2.00. The fraction of sp³-hybridized carbons (Fsp3) is 0.0500. The van der Waals surface area contributed by atoms with Crippen molar-refractivity contribution in [3.8, 4) is 5.75 Å². The van der Waals surface area contributed by atoms with E-state index in [9.17, 15) is 10.1 Å². The molecule has 0 atom stereocenters. The van der Waals surface area contributed by atoms with E-state index in [-0.39, 0.29) is 12.3 Å². The fourth-order valence-corrected chi connectivity index (χ4v) is 2.81. The summed E-state index contributed by atoms with van der Waals surface area (Å²) < 4.78 is 5.87. The quantitative estimate of drug-likeness (QED) is 0.294. The van der Waals surface area contributed by atoms with Gasteiger partial charge >= 0.3 is 0 Å². The zero-order chi connectivity index (χ0) is 19.9. The Morgan fingerprint density at radius 2 is 1.82 bits per heavy atom. The minimum atomic E-state index is -0.451. The number of hydrogen-bond donors (Lipinski definition) is 1. The van der Waals surface area contributed by atoms with Crippen molar-refractivity contribution in [3.63, 3.8) is 0 Å². The van der Waals surface area contributed by atoms with Gasteiger partial charge in [-0.25, -0.2) is 0 Å². The highest BCUT2D eigenvalue weighted by Crippen LogP contribution is 2.24. The number of halogens is 2. The molecule has 28 heavy (non-hydrogen) atoms. The Hall–Kier alpha value is -3.09. The Balaban J connectivity index is 1.66. The summed E-state index contributed by atoms with van der Waals surface area (Å²) in [5.41, 5.74) is 5.07. The zero-order valence-electron chi connectivity index (χ0n) is 14.5. The van der Waals surface area contributed by atoms with Crippen LogP contribution in [-0.2, 0) is 6.61 Å². The smallest absolute Gasteiger partial charge is 0.269 e. The maximum Gasteiger partial charge on any atom is 0.269 e. The van der Waals surface area contributed by atoms with Gasteiger partial charge in [0.25, 0.3) is 5.69 Å². The second-order valence-electron chi connectivity index (χ2n) is 5.74. The van der Waals surface area contributed by atoms with Crippen molar-refractivity contribution in [1.29, 1.82) is 0 Å². The van der Waals surface area contributed by atoms with E-state index in [0.29, 0.717) is 21.5 Å². The third kappa shape index (κ3) is 5.22. The molecule has 0 saturated heterocycles. The topological polar surface area (TPSA) is 76.8 Å². The van der Waals surface area contributed by atoms with Crippen LogP contribution in [0.3, 0.4) is 0 Å². The number of hydrogen-bond acceptors (Lipinski definition) is 5. The summed E-state index contributed by atoms with van der Waals surface area (Å²) in [5, 5.41) is 15.9. The van der Waals surface area contributed by atoms with Gasteiger partial charge in [0.05, 0.1) is 16.8 Å². The molecule has 3 aromatic rings. The number of nitro groups is 1. The van der Waals surface area contributed by atoms with Crippen LogP contribution in [0.25, 0.3) is 0 Å². The molecule has 0 aliphatic carbocycles. The van der Waals surface area contributed by atoms with Crippen molar-refractivity contribution in [3.05, 3.63) is 98.0 Å². The maximum absolute atomic E-state index is 10.7. The number of benzene rings is 3. The van der Waals surface area contributed by atoms with E-state index in [1.807, 2.05) is 30.3 Å². The van der Waals surface area contributed by atoms with Crippen molar-refractivity contribution >= 4 is 40.8 Å². The van der Waals surface area contributed by atoms with Crippen LogP contribution in [0.1, 0.15) is 11.1 Å². The SMILES string of the molecule is O=[N+]([O-])c1ccc(NN=Cc2ccccc2OCc2ccc(Cl)cc2Cl)cc1. The average Bonchev–Trinajstić information content (AvgIpc) is 2.68. The summed E-state index contributed by atoms with van der Waals surface area (Å²) in [6.07, 6.45) is 1.61. The standard InChI is InChI=1S/C20H15Cl2N3O3/c21-16-6-5-15(19(22)11-16)13-28-20-4-2-1-3-14(20)12-23-24-17-7-9-18(10-8-17)25(26)27/h1-12,24H,13H2. The maximum atomic E-state index is 10.7. The van der Waals surface area contributed by atoms with Crippen LogP contribution in [0.4, 0.5) is 11.4 Å². The Labute approximate surface area is 171 Å². The third-order valence-corrected chi connectivity index (χ3v) is 4.38. The van der Waals surface area contributed by atoms with Gasteiger partial charge in [0.1, 0.15) is 12.4 Å². The molecule has 0 unspecified atom stereocenters. The van der Waals surface area contributed by atoms with E-state index >= 15 is 0 Å². The predicted molar refractivity (Wildman–Crippen MR) is 112 cm³/mol. The second-order valence-corrected chi connectivity index (χ2v) is 6.58. The molecule has 3 aromatic carbocycles. The number of para-hydroxylation sites is 1. The van der Waals surface area contributed by atoms with Crippen LogP contribution < -0.4 is 10.2 Å². The predicted octanol–water partition coefficient (Wildman–Crippen LogP) is 5.93. The first-order valence-corrected chi connectivity index (χ1v) is 8.98. The Bertz CT molecular complexity index is 1010. The van der Waals surface area contributed by atoms with Gasteiger partial charge in [0.15, 0.2) is 0 Å². The lowest BCUT2D eigenvalue weighted by molar-refractivity contribution is -0.384. The summed E-state index contributed by atoms with van der Waals surface area (Å²) in [6, 6.07) is 18.6. The van der Waals surface area contributed by atoms with Crippen molar-refractivity contribution in [2.75, 3.05) is 5.43 Å². The first kappa shape index (κ1) is 19.7. The van der Waals surface area contributed by atoms with Crippen molar-refractivity contribution in [1.82, 2.24) is 0 Å². The molecule has 0 aliphatic heterocycles. The molecule has 0 amide bonds. The molecule has 8 heteroatoms. The number of hydrazone groups is 1. The van der Waals surface area contributed by atoms with Crippen molar-refractivity contribution < 1.29 is 9.66 Å². The van der Waals surface area contributed by atoms with E-state index < -0.39 is 4.92 Å². The van der Waals surface area contributed by atoms with Gasteiger partial charge in [-0.05, 0) is 36.4 Å². The number of ether oxygens (including phenoxy) is 1. The number of rotatable bonds is 7. The van der Waals surface area contributed by atoms with Crippen molar-refractivity contribution in [2.24, 2.45) is 5.10 Å². The molecule has 142 valence electrons. The highest BCUT2D eigenvalue weighted by atomic mass is 35.5. The molecular formula is C20H15Cl2N3O3. The molecule has 0 aliphatic rings. The van der Waals surface area contributed by atoms with Gasteiger partial charge in [-0.3, -0.25) is 15.5 Å². The largest absolute Gasteiger partial charge is 0.488 e. The third-order valence-electron chi connectivity index (χ3n) is 3.79. The van der Waals surface area contributed by atoms with Gasteiger partial charge < -0.3 is 4.74 Å². The average molecular weight is 416 g/mol. The molecule has 3 rings (SSSR count). The zero-order valence-corrected chi connectivity index (χ0v) is 16.0. The minimum absolute atomic E-state index is 0.0223. The monoisotopic (exact) mass is 415 g/mol. The van der Waals surface area contributed by atoms with E-state index in [2.05, 4.69) is 10.5 Å². The summed E-state index contributed by atoms with van der Waals surface area (Å²) >= 11 is 12.1. The first-order chi connectivity index (χ1) is 13.5. The number of anilines is 1. The summed E-state index contributed by atoms with van der Waals surface area (Å²) in [6.45, 7) is 0.288. The van der Waals surface area contributed by atoms with E-state index in [1.165, 1.54) is 12.1 Å². The van der Waals surface area contributed by atoms with Crippen LogP contribution in [0.5, 0.6) is 5.75 Å². The van der Waals surface area contributed by atoms with Gasteiger partial charge in [-0.1, -0.05) is 41.4 Å². The summed E-state index contributed by atoms with van der Waals surface area (Å²) in [7, 11) is 0. The van der Waals surface area contributed by atoms with Crippen LogP contribution >= 0.6 is 23.2 Å². The lowest BCUT2D eigenvalue weighted by Gasteiger charge is -2.10. The number of nitrogens with one attached hydrogen (secondary N) is 1. The highest BCUT2D eigenvalue weighted by Gasteiger charge is 2.06. The number of nitrogens with zero attached hydrogens (tertiary/aromatic N) is 2. The minimum Gasteiger partial charge on any atom is -0.488 e. The Morgan fingerprint density at radius 1 is 1.07 bits per heavy atom. The Kier molecular flexibility index (Phi) is 6.47. The fourth-order valence-electron chi connectivity index (χ4n) is 2.35. The normalized spacial score (nSPS) is 10.8. The van der Waals surface area contributed by atoms with Crippen LogP contribution in [0, 0.1) is 10.1 Å². The van der Waals surface area contributed by atoms with Gasteiger partial charge in [-0.15, -0.1) is 0 Å². The number of nitro benzene ring substituents is 1.